The molecular formula is C18H19NS. The Balaban J connectivity index is 1.79. The maximum Gasteiger partial charge on any atom is 0.0464 e. The number of hydrogen-bond acceptors (Lipinski definition) is 1. The quantitative estimate of drug-likeness (QED) is 0.466. The molecule has 0 unspecified atom stereocenters. The number of para-hydroxylation sites is 1. The van der Waals surface area contributed by atoms with Crippen LogP contribution in [0, 0.1) is 0 Å². The molecule has 0 spiro atoms. The average Bonchev–Trinajstić information content (AvgIpc) is 2.92. The van der Waals surface area contributed by atoms with Crippen molar-refractivity contribution in [3.63, 3.8) is 0 Å². The van der Waals surface area contributed by atoms with Crippen LogP contribution in [-0.4, -0.2) is 10.7 Å². The van der Waals surface area contributed by atoms with Crippen molar-refractivity contribution >= 4 is 22.7 Å². The monoisotopic (exact) mass is 281 g/mol. The minimum absolute atomic E-state index is 1.19. The predicted octanol–water partition coefficient (Wildman–Crippen LogP) is 5.73. The van der Waals surface area contributed by atoms with E-state index in [1.165, 1.54) is 45.7 Å². The molecule has 102 valence electrons. The summed E-state index contributed by atoms with van der Waals surface area (Å²) in [5.74, 6) is 1.21. The fourth-order valence-electron chi connectivity index (χ4n) is 2.29. The average molecular weight is 281 g/mol. The van der Waals surface area contributed by atoms with Gasteiger partial charge in [0, 0.05) is 21.5 Å². The summed E-state index contributed by atoms with van der Waals surface area (Å²) in [7, 11) is 0. The molecule has 0 aliphatic heterocycles. The van der Waals surface area contributed by atoms with Gasteiger partial charge in [-0.1, -0.05) is 43.7 Å². The minimum Gasteiger partial charge on any atom is -0.355 e. The summed E-state index contributed by atoms with van der Waals surface area (Å²) in [6.45, 7) is 2.24. The van der Waals surface area contributed by atoms with Gasteiger partial charge in [0.1, 0.15) is 0 Å². The lowest BCUT2D eigenvalue weighted by atomic mass is 10.1. The first-order valence-corrected chi connectivity index (χ1v) is 8.16. The number of H-pyrrole nitrogens is 1. The van der Waals surface area contributed by atoms with Gasteiger partial charge in [-0.2, -0.15) is 0 Å². The van der Waals surface area contributed by atoms with Crippen molar-refractivity contribution in [2.45, 2.75) is 24.7 Å². The van der Waals surface area contributed by atoms with Crippen LogP contribution in [-0.2, 0) is 0 Å². The highest BCUT2D eigenvalue weighted by Crippen LogP contribution is 2.27. The van der Waals surface area contributed by atoms with E-state index in [0.29, 0.717) is 0 Å². The summed E-state index contributed by atoms with van der Waals surface area (Å²) < 4.78 is 0. The smallest absolute Gasteiger partial charge is 0.0464 e. The number of thioether (sulfide) groups is 1. The lowest BCUT2D eigenvalue weighted by Gasteiger charge is -2.02. The SMILES string of the molecule is CCCCSc1ccc(-c2cc3ccccc3[nH]2)cc1. The summed E-state index contributed by atoms with van der Waals surface area (Å²) in [6, 6.07) is 19.5. The van der Waals surface area contributed by atoms with Gasteiger partial charge in [-0.05, 0) is 42.0 Å². The first kappa shape index (κ1) is 13.3. The van der Waals surface area contributed by atoms with Crippen molar-refractivity contribution in [2.75, 3.05) is 5.75 Å². The first-order valence-electron chi connectivity index (χ1n) is 7.18. The summed E-state index contributed by atoms with van der Waals surface area (Å²) in [5.41, 5.74) is 3.64. The van der Waals surface area contributed by atoms with Crippen molar-refractivity contribution in [3.05, 3.63) is 54.6 Å². The number of nitrogens with one attached hydrogen (secondary N) is 1. The van der Waals surface area contributed by atoms with E-state index in [1.807, 2.05) is 11.8 Å². The molecule has 0 amide bonds. The Bertz CT molecular complexity index is 649. The Morgan fingerprint density at radius 2 is 1.80 bits per heavy atom. The van der Waals surface area contributed by atoms with Crippen LogP contribution in [0.3, 0.4) is 0 Å². The van der Waals surface area contributed by atoms with E-state index in [9.17, 15) is 0 Å². The normalized spacial score (nSPS) is 11.1. The molecule has 0 atom stereocenters. The van der Waals surface area contributed by atoms with Crippen molar-refractivity contribution in [2.24, 2.45) is 0 Å². The highest BCUT2D eigenvalue weighted by molar-refractivity contribution is 7.99. The minimum atomic E-state index is 1.19. The van der Waals surface area contributed by atoms with E-state index in [0.717, 1.165) is 0 Å². The molecule has 2 aromatic carbocycles. The second-order valence-corrected chi connectivity index (χ2v) is 6.16. The Kier molecular flexibility index (Phi) is 4.12. The molecule has 2 heteroatoms. The van der Waals surface area contributed by atoms with E-state index in [1.54, 1.807) is 0 Å². The topological polar surface area (TPSA) is 15.8 Å². The van der Waals surface area contributed by atoms with Gasteiger partial charge in [0.15, 0.2) is 0 Å². The zero-order valence-corrected chi connectivity index (χ0v) is 12.5. The van der Waals surface area contributed by atoms with Gasteiger partial charge in [0.05, 0.1) is 0 Å². The number of hydrogen-bond donors (Lipinski definition) is 1. The van der Waals surface area contributed by atoms with E-state index in [-0.39, 0.29) is 0 Å². The number of aromatic nitrogens is 1. The number of benzene rings is 2. The van der Waals surface area contributed by atoms with Crippen molar-refractivity contribution < 1.29 is 0 Å². The molecule has 1 heterocycles. The van der Waals surface area contributed by atoms with Crippen LogP contribution >= 0.6 is 11.8 Å². The van der Waals surface area contributed by atoms with Crippen LogP contribution in [0.25, 0.3) is 22.2 Å². The molecule has 0 aliphatic carbocycles. The van der Waals surface area contributed by atoms with E-state index in [4.69, 9.17) is 0 Å². The van der Waals surface area contributed by atoms with Crippen LogP contribution in [0.5, 0.6) is 0 Å². The molecule has 3 rings (SSSR count). The zero-order valence-electron chi connectivity index (χ0n) is 11.7. The van der Waals surface area contributed by atoms with E-state index >= 15 is 0 Å². The van der Waals surface area contributed by atoms with Crippen molar-refractivity contribution in [1.82, 2.24) is 4.98 Å². The Labute approximate surface area is 124 Å². The maximum atomic E-state index is 3.48. The van der Waals surface area contributed by atoms with Crippen LogP contribution in [0.2, 0.25) is 0 Å². The fraction of sp³-hybridized carbons (Fsp3) is 0.222. The Hall–Kier alpha value is -1.67. The fourth-order valence-corrected chi connectivity index (χ4v) is 3.29. The third kappa shape index (κ3) is 2.91. The third-order valence-corrected chi connectivity index (χ3v) is 4.56. The molecule has 1 aromatic heterocycles. The van der Waals surface area contributed by atoms with Gasteiger partial charge in [-0.3, -0.25) is 0 Å². The molecule has 0 bridgehead atoms. The van der Waals surface area contributed by atoms with Gasteiger partial charge >= 0.3 is 0 Å². The lowest BCUT2D eigenvalue weighted by Crippen LogP contribution is -1.80. The highest BCUT2D eigenvalue weighted by Gasteiger charge is 2.03. The molecule has 0 aliphatic rings. The molecule has 0 saturated heterocycles. The first-order chi connectivity index (χ1) is 9.86. The lowest BCUT2D eigenvalue weighted by molar-refractivity contribution is 0.896. The van der Waals surface area contributed by atoms with Crippen LogP contribution in [0.15, 0.2) is 59.5 Å². The van der Waals surface area contributed by atoms with E-state index in [2.05, 4.69) is 66.5 Å². The second-order valence-electron chi connectivity index (χ2n) is 5.00. The number of rotatable bonds is 5. The van der Waals surface area contributed by atoms with Gasteiger partial charge < -0.3 is 4.98 Å². The van der Waals surface area contributed by atoms with Crippen molar-refractivity contribution in [3.8, 4) is 11.3 Å². The Morgan fingerprint density at radius 1 is 1.00 bits per heavy atom. The van der Waals surface area contributed by atoms with Gasteiger partial charge in [0.25, 0.3) is 0 Å². The molecule has 0 saturated carbocycles. The summed E-state index contributed by atoms with van der Waals surface area (Å²) >= 11 is 1.94. The molecule has 3 aromatic rings. The van der Waals surface area contributed by atoms with Gasteiger partial charge in [0.2, 0.25) is 0 Å². The highest BCUT2D eigenvalue weighted by atomic mass is 32.2. The Morgan fingerprint density at radius 3 is 2.55 bits per heavy atom. The van der Waals surface area contributed by atoms with Crippen LogP contribution in [0.1, 0.15) is 19.8 Å². The molecule has 1 N–H and O–H groups in total. The van der Waals surface area contributed by atoms with Gasteiger partial charge in [-0.25, -0.2) is 0 Å². The molecule has 1 nitrogen and oxygen atoms in total. The molecule has 20 heavy (non-hydrogen) atoms. The predicted molar refractivity (Wildman–Crippen MR) is 89.4 cm³/mol. The number of unbranched alkanes of at least 4 members (excludes halogenated alkanes) is 1. The van der Waals surface area contributed by atoms with Crippen LogP contribution < -0.4 is 0 Å². The van der Waals surface area contributed by atoms with E-state index < -0.39 is 0 Å². The zero-order chi connectivity index (χ0) is 13.8. The molecular weight excluding hydrogens is 262 g/mol. The van der Waals surface area contributed by atoms with Gasteiger partial charge in [-0.15, -0.1) is 11.8 Å². The second kappa shape index (κ2) is 6.19. The van der Waals surface area contributed by atoms with Crippen LogP contribution in [0.4, 0.5) is 0 Å². The maximum absolute atomic E-state index is 3.48. The largest absolute Gasteiger partial charge is 0.355 e. The molecule has 0 radical (unpaired) electrons. The molecule has 0 fully saturated rings. The number of fused-ring (bicyclic) bond motifs is 1. The third-order valence-electron chi connectivity index (χ3n) is 3.46. The summed E-state index contributed by atoms with van der Waals surface area (Å²) in [6.07, 6.45) is 2.55. The van der Waals surface area contributed by atoms with Crippen molar-refractivity contribution in [1.29, 1.82) is 0 Å². The summed E-state index contributed by atoms with van der Waals surface area (Å²) in [5, 5.41) is 1.27. The standard InChI is InChI=1S/C18H19NS/c1-2-3-12-20-16-10-8-14(9-11-16)18-13-15-6-4-5-7-17(15)19-18/h4-11,13,19H,2-3,12H2,1H3. The number of aromatic amines is 1. The summed E-state index contributed by atoms with van der Waals surface area (Å²) in [4.78, 5) is 4.84.